The lowest BCUT2D eigenvalue weighted by Gasteiger charge is -2.16. The maximum Gasteiger partial charge on any atom is 0.340 e. The highest BCUT2D eigenvalue weighted by molar-refractivity contribution is 5.67. The van der Waals surface area contributed by atoms with Gasteiger partial charge in [0.15, 0.2) is 6.61 Å². The predicted octanol–water partition coefficient (Wildman–Crippen LogP) is 2.98. The number of halogens is 4. The molecule has 19 heavy (non-hydrogen) atoms. The van der Waals surface area contributed by atoms with E-state index in [1.807, 2.05) is 0 Å². The van der Waals surface area contributed by atoms with Crippen molar-refractivity contribution in [3.8, 4) is 5.75 Å². The minimum Gasteiger partial charge on any atom is -0.487 e. The Balaban J connectivity index is 2.51. The van der Waals surface area contributed by atoms with E-state index in [0.717, 1.165) is 0 Å². The van der Waals surface area contributed by atoms with Gasteiger partial charge in [-0.1, -0.05) is 12.1 Å². The van der Waals surface area contributed by atoms with Crippen molar-refractivity contribution >= 4 is 5.97 Å². The van der Waals surface area contributed by atoms with E-state index >= 15 is 0 Å². The van der Waals surface area contributed by atoms with Crippen LogP contribution in [-0.4, -0.2) is 30.0 Å². The number of benzene rings is 1. The molecule has 1 aromatic rings. The minimum atomic E-state index is -4.19. The summed E-state index contributed by atoms with van der Waals surface area (Å²) in [4.78, 5) is 10.3. The summed E-state index contributed by atoms with van der Waals surface area (Å²) in [7, 11) is 0. The Kier molecular flexibility index (Phi) is 5.14. The van der Waals surface area contributed by atoms with Crippen LogP contribution in [0.15, 0.2) is 24.3 Å². The summed E-state index contributed by atoms with van der Waals surface area (Å²) in [5.41, 5.74) is 0.690. The van der Waals surface area contributed by atoms with Crippen LogP contribution in [0.25, 0.3) is 0 Å². The molecular formula is C12H12F4O3. The fourth-order valence-electron chi connectivity index (χ4n) is 1.25. The Morgan fingerprint density at radius 3 is 2.32 bits per heavy atom. The standard InChI is InChI=1S/C12H12F4O3/c13-11(14)12(15,16)7-19-9-4-1-8(2-5-9)3-6-10(17)18/h1-2,4-5,11H,3,6-7H2,(H,17,18). The average Bonchev–Trinajstić information content (AvgIpc) is 2.35. The zero-order valence-corrected chi connectivity index (χ0v) is 9.78. The molecule has 0 saturated carbocycles. The van der Waals surface area contributed by atoms with E-state index < -0.39 is 24.9 Å². The number of carboxylic acid groups (broad SMARTS) is 1. The van der Waals surface area contributed by atoms with E-state index in [9.17, 15) is 22.4 Å². The second kappa shape index (κ2) is 6.40. The molecule has 1 rings (SSSR count). The molecular weight excluding hydrogens is 268 g/mol. The number of carboxylic acids is 1. The monoisotopic (exact) mass is 280 g/mol. The number of carbonyl (C=O) groups is 1. The van der Waals surface area contributed by atoms with E-state index in [1.165, 1.54) is 24.3 Å². The Hall–Kier alpha value is -1.79. The van der Waals surface area contributed by atoms with Crippen molar-refractivity contribution in [2.75, 3.05) is 6.61 Å². The van der Waals surface area contributed by atoms with E-state index in [2.05, 4.69) is 4.74 Å². The van der Waals surface area contributed by atoms with Gasteiger partial charge in [-0.3, -0.25) is 4.79 Å². The molecule has 106 valence electrons. The lowest BCUT2D eigenvalue weighted by molar-refractivity contribution is -0.148. The van der Waals surface area contributed by atoms with Gasteiger partial charge in [0.05, 0.1) is 0 Å². The first-order chi connectivity index (χ1) is 8.81. The quantitative estimate of drug-likeness (QED) is 0.781. The SMILES string of the molecule is O=C(O)CCc1ccc(OCC(F)(F)C(F)F)cc1. The Morgan fingerprint density at radius 2 is 1.84 bits per heavy atom. The first-order valence-corrected chi connectivity index (χ1v) is 5.41. The zero-order chi connectivity index (χ0) is 14.5. The van der Waals surface area contributed by atoms with Gasteiger partial charge in [-0.25, -0.2) is 8.78 Å². The van der Waals surface area contributed by atoms with Gasteiger partial charge in [0.25, 0.3) is 0 Å². The van der Waals surface area contributed by atoms with Gasteiger partial charge in [-0.2, -0.15) is 8.78 Å². The Bertz CT molecular complexity index is 417. The molecule has 1 aromatic carbocycles. The summed E-state index contributed by atoms with van der Waals surface area (Å²) in [6.45, 7) is -1.40. The Morgan fingerprint density at radius 1 is 1.26 bits per heavy atom. The van der Waals surface area contributed by atoms with E-state index in [1.54, 1.807) is 0 Å². The maximum atomic E-state index is 12.6. The van der Waals surface area contributed by atoms with E-state index in [4.69, 9.17) is 5.11 Å². The molecule has 0 saturated heterocycles. The smallest absolute Gasteiger partial charge is 0.340 e. The van der Waals surface area contributed by atoms with Gasteiger partial charge in [0.2, 0.25) is 0 Å². The largest absolute Gasteiger partial charge is 0.487 e. The number of alkyl halides is 4. The van der Waals surface area contributed by atoms with Crippen LogP contribution < -0.4 is 4.74 Å². The van der Waals surface area contributed by atoms with Gasteiger partial charge < -0.3 is 9.84 Å². The van der Waals surface area contributed by atoms with Crippen molar-refractivity contribution in [1.29, 1.82) is 0 Å². The summed E-state index contributed by atoms with van der Waals surface area (Å²) in [5.74, 6) is -5.11. The van der Waals surface area contributed by atoms with Crippen LogP contribution in [0.3, 0.4) is 0 Å². The van der Waals surface area contributed by atoms with Crippen LogP contribution >= 0.6 is 0 Å². The number of ether oxygens (including phenoxy) is 1. The first-order valence-electron chi connectivity index (χ1n) is 5.41. The maximum absolute atomic E-state index is 12.6. The lowest BCUT2D eigenvalue weighted by Crippen LogP contribution is -2.33. The van der Waals surface area contributed by atoms with Crippen molar-refractivity contribution in [2.45, 2.75) is 25.2 Å². The molecule has 0 atom stereocenters. The summed E-state index contributed by atoms with van der Waals surface area (Å²) in [6, 6.07) is 5.66. The number of aliphatic carboxylic acids is 1. The van der Waals surface area contributed by atoms with Gasteiger partial charge in [-0.05, 0) is 24.1 Å². The molecule has 0 aliphatic rings. The fraction of sp³-hybridized carbons (Fsp3) is 0.417. The highest BCUT2D eigenvalue weighted by atomic mass is 19.3. The molecule has 0 aromatic heterocycles. The van der Waals surface area contributed by atoms with Crippen LogP contribution in [0, 0.1) is 0 Å². The van der Waals surface area contributed by atoms with Gasteiger partial charge >= 0.3 is 18.3 Å². The van der Waals surface area contributed by atoms with E-state index in [0.29, 0.717) is 12.0 Å². The van der Waals surface area contributed by atoms with Crippen LogP contribution in [0.2, 0.25) is 0 Å². The van der Waals surface area contributed by atoms with Crippen molar-refractivity contribution in [2.24, 2.45) is 0 Å². The molecule has 0 heterocycles. The number of aryl methyl sites for hydroxylation is 1. The topological polar surface area (TPSA) is 46.5 Å². The third kappa shape index (κ3) is 5.15. The zero-order valence-electron chi connectivity index (χ0n) is 9.78. The molecule has 0 aliphatic heterocycles. The van der Waals surface area contributed by atoms with Crippen LogP contribution in [0.1, 0.15) is 12.0 Å². The van der Waals surface area contributed by atoms with Crippen LogP contribution in [0.5, 0.6) is 5.75 Å². The third-order valence-electron chi connectivity index (χ3n) is 2.30. The fourth-order valence-corrected chi connectivity index (χ4v) is 1.25. The summed E-state index contributed by atoms with van der Waals surface area (Å²) in [6.07, 6.45) is -3.53. The summed E-state index contributed by atoms with van der Waals surface area (Å²) in [5, 5.41) is 8.48. The molecule has 0 bridgehead atoms. The summed E-state index contributed by atoms with van der Waals surface area (Å²) >= 11 is 0. The third-order valence-corrected chi connectivity index (χ3v) is 2.30. The van der Waals surface area contributed by atoms with Crippen LogP contribution in [0.4, 0.5) is 17.6 Å². The van der Waals surface area contributed by atoms with Gasteiger partial charge in [-0.15, -0.1) is 0 Å². The summed E-state index contributed by atoms with van der Waals surface area (Å²) < 4.78 is 53.5. The lowest BCUT2D eigenvalue weighted by atomic mass is 10.1. The van der Waals surface area contributed by atoms with Gasteiger partial charge in [0, 0.05) is 6.42 Å². The van der Waals surface area contributed by atoms with Crippen molar-refractivity contribution in [3.05, 3.63) is 29.8 Å². The molecule has 1 N–H and O–H groups in total. The highest BCUT2D eigenvalue weighted by Crippen LogP contribution is 2.24. The molecule has 0 unspecified atom stereocenters. The van der Waals surface area contributed by atoms with Gasteiger partial charge in [0.1, 0.15) is 5.75 Å². The van der Waals surface area contributed by atoms with Crippen molar-refractivity contribution in [3.63, 3.8) is 0 Å². The second-order valence-electron chi connectivity index (χ2n) is 3.89. The molecule has 0 aliphatic carbocycles. The average molecular weight is 280 g/mol. The Labute approximate surface area is 106 Å². The molecule has 0 spiro atoms. The van der Waals surface area contributed by atoms with Crippen molar-refractivity contribution < 1.29 is 32.2 Å². The molecule has 0 amide bonds. The second-order valence-corrected chi connectivity index (χ2v) is 3.89. The van der Waals surface area contributed by atoms with Crippen molar-refractivity contribution in [1.82, 2.24) is 0 Å². The number of hydrogen-bond acceptors (Lipinski definition) is 2. The first kappa shape index (κ1) is 15.3. The molecule has 3 nitrogen and oxygen atoms in total. The normalized spacial score (nSPS) is 11.6. The highest BCUT2D eigenvalue weighted by Gasteiger charge is 2.41. The van der Waals surface area contributed by atoms with Crippen LogP contribution in [-0.2, 0) is 11.2 Å². The minimum absolute atomic E-state index is 0.0272. The molecule has 7 heteroatoms. The number of rotatable bonds is 7. The number of hydrogen-bond donors (Lipinski definition) is 1. The molecule has 0 radical (unpaired) electrons. The predicted molar refractivity (Wildman–Crippen MR) is 58.8 cm³/mol. The van der Waals surface area contributed by atoms with E-state index in [-0.39, 0.29) is 12.2 Å². The molecule has 0 fully saturated rings.